The molecule has 3 N–H and O–H groups in total. The number of rotatable bonds is 6. The molecule has 1 atom stereocenters. The summed E-state index contributed by atoms with van der Waals surface area (Å²) in [6.07, 6.45) is -3.29. The van der Waals surface area contributed by atoms with Crippen LogP contribution in [0, 0.1) is 12.8 Å². The zero-order valence-electron chi connectivity index (χ0n) is 20.2. The second-order valence-corrected chi connectivity index (χ2v) is 9.32. The lowest BCUT2D eigenvalue weighted by molar-refractivity contribution is -0.145. The van der Waals surface area contributed by atoms with Crippen LogP contribution in [0.5, 0.6) is 5.75 Å². The Hall–Kier alpha value is -3.40. The van der Waals surface area contributed by atoms with E-state index in [9.17, 15) is 28.2 Å². The molecule has 1 fully saturated rings. The predicted molar refractivity (Wildman–Crippen MR) is 128 cm³/mol. The summed E-state index contributed by atoms with van der Waals surface area (Å²) in [5.41, 5.74) is -0.536. The zero-order valence-corrected chi connectivity index (χ0v) is 20.2. The van der Waals surface area contributed by atoms with Gasteiger partial charge in [0.2, 0.25) is 0 Å². The molecule has 0 spiro atoms. The molecule has 36 heavy (non-hydrogen) atoms. The van der Waals surface area contributed by atoms with Crippen LogP contribution in [0.3, 0.4) is 0 Å². The highest BCUT2D eigenvalue weighted by Crippen LogP contribution is 2.45. The van der Waals surface area contributed by atoms with Crippen LogP contribution in [-0.4, -0.2) is 33.3 Å². The van der Waals surface area contributed by atoms with E-state index in [4.69, 9.17) is 4.74 Å². The molecule has 0 saturated heterocycles. The van der Waals surface area contributed by atoms with Crippen molar-refractivity contribution in [3.8, 4) is 5.75 Å². The molecule has 10 heteroatoms. The summed E-state index contributed by atoms with van der Waals surface area (Å²) in [4.78, 5) is 20.3. The van der Waals surface area contributed by atoms with Crippen LogP contribution < -0.4 is 10.1 Å². The van der Waals surface area contributed by atoms with Crippen LogP contribution in [0.15, 0.2) is 36.4 Å². The van der Waals surface area contributed by atoms with Crippen molar-refractivity contribution >= 4 is 22.7 Å². The number of nitrogens with one attached hydrogen (secondary N) is 1. The maximum absolute atomic E-state index is 13.2. The lowest BCUT2D eigenvalue weighted by Crippen LogP contribution is -2.34. The van der Waals surface area contributed by atoms with Gasteiger partial charge in [0, 0.05) is 23.1 Å². The van der Waals surface area contributed by atoms with E-state index in [1.165, 1.54) is 13.2 Å². The highest BCUT2D eigenvalue weighted by molar-refractivity contribution is 5.91. The van der Waals surface area contributed by atoms with E-state index >= 15 is 0 Å². The van der Waals surface area contributed by atoms with Gasteiger partial charge < -0.3 is 20.3 Å². The summed E-state index contributed by atoms with van der Waals surface area (Å²) in [5.74, 6) is -0.0886. The minimum absolute atomic E-state index is 0.252. The molecular formula is C26H28F3N3O4. The Labute approximate surface area is 206 Å². The van der Waals surface area contributed by atoms with Crippen molar-refractivity contribution in [2.75, 3.05) is 12.4 Å². The Bertz CT molecular complexity index is 1290. The molecule has 2 aromatic carbocycles. The van der Waals surface area contributed by atoms with E-state index in [1.807, 2.05) is 0 Å². The van der Waals surface area contributed by atoms with Gasteiger partial charge in [-0.05, 0) is 63.3 Å². The molecular weight excluding hydrogens is 475 g/mol. The van der Waals surface area contributed by atoms with Crippen molar-refractivity contribution in [1.82, 2.24) is 9.97 Å². The average molecular weight is 504 g/mol. The molecule has 0 unspecified atom stereocenters. The van der Waals surface area contributed by atoms with E-state index in [-0.39, 0.29) is 12.8 Å². The SMILES string of the molecule is COc1cc2nc(C)nc(N[C@H](C)c3cccc(C(F)(F)F)c3)c2cc1C1(O)CCC(C(=O)O)CC1. The van der Waals surface area contributed by atoms with Gasteiger partial charge in [-0.2, -0.15) is 13.2 Å². The Balaban J connectivity index is 1.73. The number of carbonyl (C=O) groups is 1. The maximum Gasteiger partial charge on any atom is 0.416 e. The zero-order chi connectivity index (χ0) is 26.3. The molecule has 3 aromatic rings. The van der Waals surface area contributed by atoms with Crippen molar-refractivity contribution in [3.05, 3.63) is 58.9 Å². The second kappa shape index (κ2) is 9.57. The minimum Gasteiger partial charge on any atom is -0.496 e. The van der Waals surface area contributed by atoms with Gasteiger partial charge in [-0.15, -0.1) is 0 Å². The molecule has 192 valence electrons. The van der Waals surface area contributed by atoms with Crippen LogP contribution in [0.1, 0.15) is 61.2 Å². The Morgan fingerprint density at radius 1 is 1.19 bits per heavy atom. The summed E-state index contributed by atoms with van der Waals surface area (Å²) >= 11 is 0. The summed E-state index contributed by atoms with van der Waals surface area (Å²) in [7, 11) is 1.49. The summed E-state index contributed by atoms with van der Waals surface area (Å²) in [5, 5.41) is 24.6. The van der Waals surface area contributed by atoms with Gasteiger partial charge >= 0.3 is 12.1 Å². The molecule has 1 aliphatic rings. The van der Waals surface area contributed by atoms with Crippen LogP contribution >= 0.6 is 0 Å². The molecule has 1 aliphatic carbocycles. The number of aliphatic carboxylic acids is 1. The molecule has 0 radical (unpaired) electrons. The van der Waals surface area contributed by atoms with Crippen molar-refractivity contribution in [2.45, 2.75) is 57.3 Å². The summed E-state index contributed by atoms with van der Waals surface area (Å²) in [6, 6.07) is 8.03. The fraction of sp³-hybridized carbons (Fsp3) is 0.423. The lowest BCUT2D eigenvalue weighted by Gasteiger charge is -2.36. The number of hydrogen-bond donors (Lipinski definition) is 3. The van der Waals surface area contributed by atoms with Gasteiger partial charge in [0.15, 0.2) is 0 Å². The van der Waals surface area contributed by atoms with Gasteiger partial charge in [0.05, 0.1) is 29.7 Å². The van der Waals surface area contributed by atoms with Crippen molar-refractivity contribution in [2.24, 2.45) is 5.92 Å². The number of hydrogen-bond acceptors (Lipinski definition) is 6. The largest absolute Gasteiger partial charge is 0.496 e. The number of benzene rings is 2. The highest BCUT2D eigenvalue weighted by atomic mass is 19.4. The molecule has 1 saturated carbocycles. The third-order valence-corrected chi connectivity index (χ3v) is 6.86. The first-order chi connectivity index (χ1) is 16.9. The first-order valence-corrected chi connectivity index (χ1v) is 11.7. The highest BCUT2D eigenvalue weighted by Gasteiger charge is 2.39. The maximum atomic E-state index is 13.2. The van der Waals surface area contributed by atoms with Crippen LogP contribution in [-0.2, 0) is 16.6 Å². The van der Waals surface area contributed by atoms with Crippen LogP contribution in [0.25, 0.3) is 10.9 Å². The summed E-state index contributed by atoms with van der Waals surface area (Å²) in [6.45, 7) is 3.45. The molecule has 0 amide bonds. The number of aliphatic hydroxyl groups is 1. The number of aromatic nitrogens is 2. The van der Waals surface area contributed by atoms with E-state index in [0.717, 1.165) is 12.1 Å². The van der Waals surface area contributed by atoms with Gasteiger partial charge in [-0.3, -0.25) is 4.79 Å². The average Bonchev–Trinajstić information content (AvgIpc) is 2.83. The lowest BCUT2D eigenvalue weighted by atomic mass is 9.74. The third kappa shape index (κ3) is 5.09. The number of alkyl halides is 3. The first kappa shape index (κ1) is 25.7. The van der Waals surface area contributed by atoms with Gasteiger partial charge in [0.1, 0.15) is 17.4 Å². The van der Waals surface area contributed by atoms with Crippen LogP contribution in [0.4, 0.5) is 19.0 Å². The first-order valence-electron chi connectivity index (χ1n) is 11.7. The van der Waals surface area contributed by atoms with Crippen molar-refractivity contribution in [1.29, 1.82) is 0 Å². The number of anilines is 1. The fourth-order valence-corrected chi connectivity index (χ4v) is 4.80. The predicted octanol–water partition coefficient (Wildman–Crippen LogP) is 5.60. The number of carboxylic acids is 1. The molecule has 1 heterocycles. The molecule has 4 rings (SSSR count). The van der Waals surface area contributed by atoms with Crippen LogP contribution in [0.2, 0.25) is 0 Å². The Morgan fingerprint density at radius 2 is 1.89 bits per heavy atom. The number of halogens is 3. The molecule has 0 aliphatic heterocycles. The second-order valence-electron chi connectivity index (χ2n) is 9.32. The number of methoxy groups -OCH3 is 1. The monoisotopic (exact) mass is 503 g/mol. The van der Waals surface area contributed by atoms with Gasteiger partial charge in [-0.25, -0.2) is 9.97 Å². The van der Waals surface area contributed by atoms with Crippen molar-refractivity contribution < 1.29 is 32.9 Å². The number of fused-ring (bicyclic) bond motifs is 1. The number of carboxylic acid groups (broad SMARTS) is 1. The van der Waals surface area contributed by atoms with Gasteiger partial charge in [0.25, 0.3) is 0 Å². The van der Waals surface area contributed by atoms with Gasteiger partial charge in [-0.1, -0.05) is 12.1 Å². The Morgan fingerprint density at radius 3 is 2.50 bits per heavy atom. The number of nitrogens with zero attached hydrogens (tertiary/aromatic N) is 2. The third-order valence-electron chi connectivity index (χ3n) is 6.86. The number of ether oxygens (including phenoxy) is 1. The number of aryl methyl sites for hydroxylation is 1. The standard InChI is InChI=1S/C26H28F3N3O4/c1-14(17-5-4-6-18(11-17)26(27,28)29)30-23-19-12-20(22(36-3)13-21(19)31-15(2)32-23)25(35)9-7-16(8-10-25)24(33)34/h4-6,11-14,16,35H,7-10H2,1-3H3,(H,33,34)(H,30,31,32)/t14-,16?,25?/m1/s1. The minimum atomic E-state index is -4.45. The molecule has 1 aromatic heterocycles. The smallest absolute Gasteiger partial charge is 0.416 e. The Kier molecular flexibility index (Phi) is 6.83. The van der Waals surface area contributed by atoms with E-state index in [2.05, 4.69) is 15.3 Å². The van der Waals surface area contributed by atoms with E-state index in [0.29, 0.717) is 52.3 Å². The normalized spacial score (nSPS) is 21.2. The molecule has 7 nitrogen and oxygen atoms in total. The fourth-order valence-electron chi connectivity index (χ4n) is 4.80. The quantitative estimate of drug-likeness (QED) is 0.402. The van der Waals surface area contributed by atoms with E-state index in [1.54, 1.807) is 32.0 Å². The topological polar surface area (TPSA) is 105 Å². The molecule has 0 bridgehead atoms. The van der Waals surface area contributed by atoms with Crippen molar-refractivity contribution in [3.63, 3.8) is 0 Å². The summed E-state index contributed by atoms with van der Waals surface area (Å²) < 4.78 is 45.2. The van der Waals surface area contributed by atoms with E-state index < -0.39 is 35.3 Å².